The third kappa shape index (κ3) is 4.88. The van der Waals surface area contributed by atoms with Crippen molar-refractivity contribution in [2.45, 2.75) is 20.5 Å². The number of aryl methyl sites for hydroxylation is 2. The fourth-order valence-electron chi connectivity index (χ4n) is 3.69. The predicted molar refractivity (Wildman–Crippen MR) is 133 cm³/mol. The third-order valence-corrected chi connectivity index (χ3v) is 6.22. The molecule has 7 heteroatoms. The molecular formula is C26H20Cl3NO3. The first kappa shape index (κ1) is 23.2. The molecule has 0 spiro atoms. The smallest absolute Gasteiger partial charge is 0.336 e. The van der Waals surface area contributed by atoms with E-state index in [0.29, 0.717) is 26.4 Å². The van der Waals surface area contributed by atoms with E-state index in [4.69, 9.17) is 39.5 Å². The normalized spacial score (nSPS) is 10.9. The number of nitrogens with zero attached hydrogens (tertiary/aromatic N) is 1. The van der Waals surface area contributed by atoms with Crippen molar-refractivity contribution in [2.24, 2.45) is 0 Å². The largest absolute Gasteiger partial charge is 0.488 e. The van der Waals surface area contributed by atoms with Crippen LogP contribution in [0.1, 0.15) is 27.2 Å². The summed E-state index contributed by atoms with van der Waals surface area (Å²) in [7, 11) is 0. The number of hydrogen-bond donors (Lipinski definition) is 1. The summed E-state index contributed by atoms with van der Waals surface area (Å²) in [6, 6.07) is 20.0. The number of benzene rings is 3. The first-order valence-corrected chi connectivity index (χ1v) is 11.3. The zero-order chi connectivity index (χ0) is 23.7. The van der Waals surface area contributed by atoms with E-state index in [0.717, 1.165) is 28.2 Å². The monoisotopic (exact) mass is 499 g/mol. The molecule has 168 valence electrons. The standard InChI is InChI=1S/C26H20Cl3NO3/c1-15-3-8-20(13-21(15)26(31)32)30-16(2)4-9-24(30)22-11-18(27)7-10-25(22)33-14-17-5-6-19(28)12-23(17)29/h3-13H,14H2,1-2H3,(H,31,32). The van der Waals surface area contributed by atoms with E-state index < -0.39 is 5.97 Å². The van der Waals surface area contributed by atoms with Crippen molar-refractivity contribution in [2.75, 3.05) is 0 Å². The summed E-state index contributed by atoms with van der Waals surface area (Å²) in [6.07, 6.45) is 0. The fourth-order valence-corrected chi connectivity index (χ4v) is 4.33. The molecule has 1 N–H and O–H groups in total. The van der Waals surface area contributed by atoms with Gasteiger partial charge in [-0.3, -0.25) is 0 Å². The minimum absolute atomic E-state index is 0.248. The number of aromatic nitrogens is 1. The molecule has 0 saturated carbocycles. The topological polar surface area (TPSA) is 51.5 Å². The second-order valence-electron chi connectivity index (χ2n) is 7.66. The lowest BCUT2D eigenvalue weighted by Gasteiger charge is -2.17. The molecule has 0 unspecified atom stereocenters. The molecule has 0 amide bonds. The highest BCUT2D eigenvalue weighted by molar-refractivity contribution is 6.35. The van der Waals surface area contributed by atoms with Crippen LogP contribution in [-0.4, -0.2) is 15.6 Å². The molecule has 0 saturated heterocycles. The van der Waals surface area contributed by atoms with Crippen LogP contribution in [0.3, 0.4) is 0 Å². The lowest BCUT2D eigenvalue weighted by atomic mass is 10.1. The van der Waals surface area contributed by atoms with Gasteiger partial charge in [-0.05, 0) is 74.0 Å². The van der Waals surface area contributed by atoms with E-state index >= 15 is 0 Å². The second kappa shape index (κ2) is 9.52. The van der Waals surface area contributed by atoms with Crippen LogP contribution in [0, 0.1) is 13.8 Å². The van der Waals surface area contributed by atoms with Crippen LogP contribution in [0.25, 0.3) is 16.9 Å². The number of rotatable bonds is 6. The number of carbonyl (C=O) groups is 1. The Labute approximate surface area is 206 Å². The Bertz CT molecular complexity index is 1360. The van der Waals surface area contributed by atoms with Gasteiger partial charge in [0.2, 0.25) is 0 Å². The van der Waals surface area contributed by atoms with E-state index in [1.165, 1.54) is 0 Å². The lowest BCUT2D eigenvalue weighted by molar-refractivity contribution is 0.0696. The summed E-state index contributed by atoms with van der Waals surface area (Å²) in [5, 5.41) is 11.2. The number of aromatic carboxylic acids is 1. The molecule has 1 heterocycles. The van der Waals surface area contributed by atoms with Crippen LogP contribution >= 0.6 is 34.8 Å². The van der Waals surface area contributed by atoms with Crippen LogP contribution in [-0.2, 0) is 6.61 Å². The number of hydrogen-bond acceptors (Lipinski definition) is 2. The van der Waals surface area contributed by atoms with Gasteiger partial charge in [0.15, 0.2) is 0 Å². The van der Waals surface area contributed by atoms with Crippen molar-refractivity contribution in [1.82, 2.24) is 4.57 Å². The molecule has 1 aromatic heterocycles. The predicted octanol–water partition coefficient (Wildman–Crippen LogP) is 8.00. The van der Waals surface area contributed by atoms with E-state index in [9.17, 15) is 9.90 Å². The molecule has 0 radical (unpaired) electrons. The molecule has 0 fully saturated rings. The molecule has 4 rings (SSSR count). The number of ether oxygens (including phenoxy) is 1. The molecule has 33 heavy (non-hydrogen) atoms. The van der Waals surface area contributed by atoms with E-state index in [1.54, 1.807) is 37.3 Å². The van der Waals surface area contributed by atoms with Crippen molar-refractivity contribution in [1.29, 1.82) is 0 Å². The molecule has 0 atom stereocenters. The van der Waals surface area contributed by atoms with Crippen molar-refractivity contribution in [3.05, 3.63) is 104 Å². The van der Waals surface area contributed by atoms with Gasteiger partial charge in [0, 0.05) is 37.6 Å². The van der Waals surface area contributed by atoms with Crippen molar-refractivity contribution >= 4 is 40.8 Å². The maximum absolute atomic E-state index is 11.7. The summed E-state index contributed by atoms with van der Waals surface area (Å²) < 4.78 is 8.13. The lowest BCUT2D eigenvalue weighted by Crippen LogP contribution is -2.05. The Kier molecular flexibility index (Phi) is 6.71. The van der Waals surface area contributed by atoms with Gasteiger partial charge in [-0.25, -0.2) is 4.79 Å². The quantitative estimate of drug-likeness (QED) is 0.292. The summed E-state index contributed by atoms with van der Waals surface area (Å²) >= 11 is 18.6. The average Bonchev–Trinajstić information content (AvgIpc) is 3.15. The Hall–Kier alpha value is -2.92. The van der Waals surface area contributed by atoms with E-state index in [1.807, 2.05) is 47.9 Å². The molecule has 4 nitrogen and oxygen atoms in total. The summed E-state index contributed by atoms with van der Waals surface area (Å²) in [5.41, 5.74) is 5.04. The molecular weight excluding hydrogens is 481 g/mol. The van der Waals surface area contributed by atoms with Gasteiger partial charge >= 0.3 is 5.97 Å². The van der Waals surface area contributed by atoms with Gasteiger partial charge in [0.05, 0.1) is 11.3 Å². The number of halogens is 3. The van der Waals surface area contributed by atoms with Gasteiger partial charge in [-0.1, -0.05) is 46.9 Å². The minimum atomic E-state index is -0.965. The second-order valence-corrected chi connectivity index (χ2v) is 8.94. The van der Waals surface area contributed by atoms with Gasteiger partial charge in [0.1, 0.15) is 12.4 Å². The van der Waals surface area contributed by atoms with Crippen molar-refractivity contribution in [3.8, 4) is 22.7 Å². The average molecular weight is 501 g/mol. The first-order chi connectivity index (χ1) is 15.7. The molecule has 0 aliphatic carbocycles. The fraction of sp³-hybridized carbons (Fsp3) is 0.115. The van der Waals surface area contributed by atoms with Crippen LogP contribution < -0.4 is 4.74 Å². The summed E-state index contributed by atoms with van der Waals surface area (Å²) in [4.78, 5) is 11.7. The molecule has 0 aliphatic rings. The Morgan fingerprint density at radius 2 is 1.64 bits per heavy atom. The maximum Gasteiger partial charge on any atom is 0.336 e. The SMILES string of the molecule is Cc1ccc(-n2c(C)ccc2-c2cc(Cl)ccc2OCc2ccc(Cl)cc2Cl)cc1C(=O)O. The highest BCUT2D eigenvalue weighted by Gasteiger charge is 2.17. The molecule has 3 aromatic carbocycles. The first-order valence-electron chi connectivity index (χ1n) is 10.1. The van der Waals surface area contributed by atoms with Gasteiger partial charge in [-0.2, -0.15) is 0 Å². The zero-order valence-corrected chi connectivity index (χ0v) is 20.2. The Morgan fingerprint density at radius 1 is 0.909 bits per heavy atom. The van der Waals surface area contributed by atoms with Crippen LogP contribution in [0.15, 0.2) is 66.7 Å². The summed E-state index contributed by atoms with van der Waals surface area (Å²) in [6.45, 7) is 3.99. The molecule has 0 bridgehead atoms. The molecule has 0 aliphatic heterocycles. The van der Waals surface area contributed by atoms with Crippen LogP contribution in [0.2, 0.25) is 15.1 Å². The Morgan fingerprint density at radius 3 is 2.36 bits per heavy atom. The highest BCUT2D eigenvalue weighted by Crippen LogP contribution is 2.36. The third-order valence-electron chi connectivity index (χ3n) is 5.40. The summed E-state index contributed by atoms with van der Waals surface area (Å²) in [5.74, 6) is -0.345. The minimum Gasteiger partial charge on any atom is -0.488 e. The van der Waals surface area contributed by atoms with Gasteiger partial charge in [0.25, 0.3) is 0 Å². The van der Waals surface area contributed by atoms with E-state index in [-0.39, 0.29) is 12.2 Å². The van der Waals surface area contributed by atoms with Crippen molar-refractivity contribution < 1.29 is 14.6 Å². The number of carboxylic acid groups (broad SMARTS) is 1. The molecule has 4 aromatic rings. The van der Waals surface area contributed by atoms with Crippen LogP contribution in [0.4, 0.5) is 0 Å². The zero-order valence-electron chi connectivity index (χ0n) is 17.9. The van der Waals surface area contributed by atoms with E-state index in [2.05, 4.69) is 0 Å². The maximum atomic E-state index is 11.7. The van der Waals surface area contributed by atoms with Gasteiger partial charge < -0.3 is 14.4 Å². The number of carboxylic acids is 1. The van der Waals surface area contributed by atoms with Crippen molar-refractivity contribution in [3.63, 3.8) is 0 Å². The highest BCUT2D eigenvalue weighted by atomic mass is 35.5. The van der Waals surface area contributed by atoms with Crippen LogP contribution in [0.5, 0.6) is 5.75 Å². The Balaban J connectivity index is 1.77. The van der Waals surface area contributed by atoms with Gasteiger partial charge in [-0.15, -0.1) is 0 Å².